The van der Waals surface area contributed by atoms with Crippen LogP contribution in [0.1, 0.15) is 5.01 Å². The maximum Gasteiger partial charge on any atom is 0.273 e. The van der Waals surface area contributed by atoms with Gasteiger partial charge in [-0.15, -0.1) is 11.3 Å². The molecule has 1 heterocycles. The van der Waals surface area contributed by atoms with Crippen LogP contribution in [-0.4, -0.2) is 17.0 Å². The lowest BCUT2D eigenvalue weighted by molar-refractivity contribution is -0.384. The number of thiazole rings is 1. The number of hydrogen-bond donors (Lipinski definition) is 1. The van der Waals surface area contributed by atoms with E-state index in [1.807, 2.05) is 35.7 Å². The van der Waals surface area contributed by atoms with E-state index in [-0.39, 0.29) is 5.69 Å². The van der Waals surface area contributed by atoms with E-state index in [0.29, 0.717) is 22.0 Å². The molecule has 0 fully saturated rings. The van der Waals surface area contributed by atoms with Gasteiger partial charge in [-0.2, -0.15) is 5.26 Å². The van der Waals surface area contributed by atoms with Crippen molar-refractivity contribution in [3.05, 3.63) is 75.2 Å². The van der Waals surface area contributed by atoms with Crippen LogP contribution in [-0.2, 0) is 0 Å². The zero-order valence-corrected chi connectivity index (χ0v) is 15.1. The van der Waals surface area contributed by atoms with Crippen LogP contribution in [0, 0.1) is 21.4 Å². The fraction of sp³-hybridized carbons (Fsp3) is 0.0526. The first-order valence-electron chi connectivity index (χ1n) is 7.83. The van der Waals surface area contributed by atoms with Crippen molar-refractivity contribution in [1.29, 1.82) is 5.26 Å². The van der Waals surface area contributed by atoms with Gasteiger partial charge in [0.1, 0.15) is 22.4 Å². The van der Waals surface area contributed by atoms with Crippen LogP contribution in [0.25, 0.3) is 16.8 Å². The SMILES string of the molecule is COc1cc([N+](=O)[O-])ccc1N/C=C(\C#N)c1nc(-c2ccccc2)cs1. The van der Waals surface area contributed by atoms with Gasteiger partial charge in [0.05, 0.1) is 29.5 Å². The second-order valence-corrected chi connectivity index (χ2v) is 6.22. The summed E-state index contributed by atoms with van der Waals surface area (Å²) in [4.78, 5) is 14.9. The highest BCUT2D eigenvalue weighted by Crippen LogP contribution is 2.30. The monoisotopic (exact) mass is 378 g/mol. The fourth-order valence-corrected chi connectivity index (χ4v) is 3.14. The Balaban J connectivity index is 1.85. The largest absolute Gasteiger partial charge is 0.494 e. The van der Waals surface area contributed by atoms with E-state index in [2.05, 4.69) is 16.4 Å². The number of non-ortho nitro benzene ring substituents is 1. The molecule has 3 rings (SSSR count). The molecule has 1 N–H and O–H groups in total. The summed E-state index contributed by atoms with van der Waals surface area (Å²) in [7, 11) is 1.42. The number of aromatic nitrogens is 1. The standard InChI is InChI=1S/C19H14N4O3S/c1-26-18-9-15(23(24)25)7-8-16(18)21-11-14(10-20)19-22-17(12-27-19)13-5-3-2-4-6-13/h2-9,11-12,21H,1H3/b14-11+. The summed E-state index contributed by atoms with van der Waals surface area (Å²) < 4.78 is 5.18. The van der Waals surface area contributed by atoms with Gasteiger partial charge in [0.2, 0.25) is 0 Å². The second kappa shape index (κ2) is 8.12. The molecule has 134 valence electrons. The van der Waals surface area contributed by atoms with Gasteiger partial charge in [0, 0.05) is 23.2 Å². The molecule has 0 bridgehead atoms. The molecule has 0 aliphatic heterocycles. The van der Waals surface area contributed by atoms with E-state index in [9.17, 15) is 15.4 Å². The van der Waals surface area contributed by atoms with E-state index < -0.39 is 4.92 Å². The van der Waals surface area contributed by atoms with Gasteiger partial charge >= 0.3 is 0 Å². The van der Waals surface area contributed by atoms with Crippen LogP contribution in [0.2, 0.25) is 0 Å². The second-order valence-electron chi connectivity index (χ2n) is 5.36. The number of benzene rings is 2. The Labute approximate surface area is 159 Å². The molecule has 0 saturated heterocycles. The Morgan fingerprint density at radius 2 is 2.11 bits per heavy atom. The highest BCUT2D eigenvalue weighted by atomic mass is 32.1. The zero-order valence-electron chi connectivity index (χ0n) is 14.2. The summed E-state index contributed by atoms with van der Waals surface area (Å²) in [5.41, 5.74) is 2.56. The number of allylic oxidation sites excluding steroid dienone is 1. The molecule has 0 spiro atoms. The van der Waals surface area contributed by atoms with E-state index >= 15 is 0 Å². The first-order chi connectivity index (χ1) is 13.1. The lowest BCUT2D eigenvalue weighted by Gasteiger charge is -2.08. The molecule has 0 unspecified atom stereocenters. The minimum absolute atomic E-state index is 0.0747. The molecule has 3 aromatic rings. The van der Waals surface area contributed by atoms with Crippen molar-refractivity contribution in [2.24, 2.45) is 0 Å². The van der Waals surface area contributed by atoms with Crippen molar-refractivity contribution in [1.82, 2.24) is 4.98 Å². The number of nitro groups is 1. The number of methoxy groups -OCH3 is 1. The van der Waals surface area contributed by atoms with Crippen LogP contribution in [0.15, 0.2) is 60.1 Å². The summed E-state index contributed by atoms with van der Waals surface area (Å²) in [6.45, 7) is 0. The Kier molecular flexibility index (Phi) is 5.44. The third-order valence-electron chi connectivity index (χ3n) is 3.69. The van der Waals surface area contributed by atoms with Gasteiger partial charge in [-0.3, -0.25) is 10.1 Å². The van der Waals surface area contributed by atoms with Gasteiger partial charge in [-0.05, 0) is 6.07 Å². The molecule has 2 aromatic carbocycles. The average Bonchev–Trinajstić information content (AvgIpc) is 3.19. The molecule has 0 aliphatic rings. The summed E-state index contributed by atoms with van der Waals surface area (Å²) >= 11 is 1.37. The number of hydrogen-bond acceptors (Lipinski definition) is 7. The smallest absolute Gasteiger partial charge is 0.273 e. The summed E-state index contributed by atoms with van der Waals surface area (Å²) in [5, 5.41) is 25.8. The Morgan fingerprint density at radius 1 is 1.33 bits per heavy atom. The van der Waals surface area contributed by atoms with E-state index in [0.717, 1.165) is 11.3 Å². The lowest BCUT2D eigenvalue weighted by Crippen LogP contribution is -1.96. The summed E-state index contributed by atoms with van der Waals surface area (Å²) in [6, 6.07) is 16.0. The molecule has 0 saturated carbocycles. The molecule has 1 aromatic heterocycles. The first-order valence-corrected chi connectivity index (χ1v) is 8.71. The van der Waals surface area contributed by atoms with Gasteiger partial charge in [0.15, 0.2) is 0 Å². The number of nitriles is 1. The highest BCUT2D eigenvalue weighted by molar-refractivity contribution is 7.11. The minimum atomic E-state index is -0.497. The van der Waals surface area contributed by atoms with Crippen molar-refractivity contribution in [2.75, 3.05) is 12.4 Å². The fourth-order valence-electron chi connectivity index (χ4n) is 2.34. The first kappa shape index (κ1) is 18.1. The Hall–Kier alpha value is -3.70. The van der Waals surface area contributed by atoms with E-state index in [1.165, 1.54) is 42.8 Å². The number of nitrogens with zero attached hydrogens (tertiary/aromatic N) is 3. The van der Waals surface area contributed by atoms with E-state index in [4.69, 9.17) is 4.74 Å². The zero-order chi connectivity index (χ0) is 19.2. The van der Waals surface area contributed by atoms with Crippen LogP contribution in [0.4, 0.5) is 11.4 Å². The molecular formula is C19H14N4O3S. The number of rotatable bonds is 6. The van der Waals surface area contributed by atoms with Crippen molar-refractivity contribution >= 4 is 28.3 Å². The van der Waals surface area contributed by atoms with Gasteiger partial charge in [-0.25, -0.2) is 4.98 Å². The Morgan fingerprint density at radius 3 is 2.78 bits per heavy atom. The normalized spacial score (nSPS) is 10.9. The van der Waals surface area contributed by atoms with Crippen molar-refractivity contribution < 1.29 is 9.66 Å². The van der Waals surface area contributed by atoms with Crippen molar-refractivity contribution in [3.63, 3.8) is 0 Å². The van der Waals surface area contributed by atoms with Crippen LogP contribution >= 0.6 is 11.3 Å². The van der Waals surface area contributed by atoms with Crippen molar-refractivity contribution in [3.8, 4) is 23.1 Å². The quantitative estimate of drug-likeness (QED) is 0.379. The topological polar surface area (TPSA) is 101 Å². The minimum Gasteiger partial charge on any atom is -0.494 e. The lowest BCUT2D eigenvalue weighted by atomic mass is 10.2. The molecule has 0 aliphatic carbocycles. The summed E-state index contributed by atoms with van der Waals surface area (Å²) in [5.74, 6) is 0.307. The van der Waals surface area contributed by atoms with E-state index in [1.54, 1.807) is 0 Å². The molecule has 27 heavy (non-hydrogen) atoms. The van der Waals surface area contributed by atoms with Crippen LogP contribution < -0.4 is 10.1 Å². The number of nitrogens with one attached hydrogen (secondary N) is 1. The predicted octanol–water partition coefficient (Wildman–Crippen LogP) is 4.70. The maximum atomic E-state index is 10.9. The molecule has 0 atom stereocenters. The summed E-state index contributed by atoms with van der Waals surface area (Å²) in [6.07, 6.45) is 1.51. The van der Waals surface area contributed by atoms with Gasteiger partial charge in [-0.1, -0.05) is 30.3 Å². The number of ether oxygens (including phenoxy) is 1. The van der Waals surface area contributed by atoms with Gasteiger partial charge in [0.25, 0.3) is 5.69 Å². The molecular weight excluding hydrogens is 364 g/mol. The third-order valence-corrected chi connectivity index (χ3v) is 4.57. The average molecular weight is 378 g/mol. The molecule has 7 nitrogen and oxygen atoms in total. The number of nitro benzene ring substituents is 1. The molecule has 0 radical (unpaired) electrons. The predicted molar refractivity (Wildman–Crippen MR) is 104 cm³/mol. The maximum absolute atomic E-state index is 10.9. The number of anilines is 1. The molecule has 8 heteroatoms. The van der Waals surface area contributed by atoms with Crippen LogP contribution in [0.3, 0.4) is 0 Å². The third kappa shape index (κ3) is 4.11. The Bertz CT molecular complexity index is 1040. The van der Waals surface area contributed by atoms with Gasteiger partial charge < -0.3 is 10.1 Å². The molecule has 0 amide bonds. The van der Waals surface area contributed by atoms with Crippen molar-refractivity contribution in [2.45, 2.75) is 0 Å². The highest BCUT2D eigenvalue weighted by Gasteiger charge is 2.12. The van der Waals surface area contributed by atoms with Crippen LogP contribution in [0.5, 0.6) is 5.75 Å².